The number of hydrogen-bond acceptors (Lipinski definition) is 6. The molecule has 9 heteroatoms. The van der Waals surface area contributed by atoms with E-state index in [1.165, 1.54) is 49.8 Å². The van der Waals surface area contributed by atoms with E-state index in [9.17, 15) is 14.4 Å². The first kappa shape index (κ1) is 24.6. The van der Waals surface area contributed by atoms with Crippen LogP contribution in [0.2, 0.25) is 0 Å². The van der Waals surface area contributed by atoms with Gasteiger partial charge in [0.25, 0.3) is 5.56 Å². The molecule has 178 valence electrons. The third-order valence-electron chi connectivity index (χ3n) is 5.50. The summed E-state index contributed by atoms with van der Waals surface area (Å²) in [4.78, 5) is 34.4. The molecule has 0 aliphatic carbocycles. The lowest BCUT2D eigenvalue weighted by Gasteiger charge is -2.10. The SMILES string of the molecule is CCCCCCCCn1sccc1=O.CCn1cc(C(=O)O)c(=O)c2cc3c(cc21)OCO3. The van der Waals surface area contributed by atoms with Crippen molar-refractivity contribution in [1.29, 1.82) is 0 Å². The second kappa shape index (κ2) is 11.7. The molecule has 33 heavy (non-hydrogen) atoms. The Kier molecular flexibility index (Phi) is 8.71. The number of benzene rings is 1. The zero-order valence-corrected chi connectivity index (χ0v) is 19.9. The quantitative estimate of drug-likeness (QED) is 0.451. The summed E-state index contributed by atoms with van der Waals surface area (Å²) >= 11 is 1.52. The van der Waals surface area contributed by atoms with Crippen LogP contribution in [0.1, 0.15) is 62.7 Å². The molecule has 0 spiro atoms. The Morgan fingerprint density at radius 3 is 2.39 bits per heavy atom. The van der Waals surface area contributed by atoms with Gasteiger partial charge in [0, 0.05) is 36.8 Å². The van der Waals surface area contributed by atoms with Gasteiger partial charge in [-0.05, 0) is 19.4 Å². The van der Waals surface area contributed by atoms with Crippen molar-refractivity contribution in [2.45, 2.75) is 65.5 Å². The molecule has 3 heterocycles. The molecule has 2 aromatic heterocycles. The molecule has 1 N–H and O–H groups in total. The van der Waals surface area contributed by atoms with Crippen LogP contribution in [0.5, 0.6) is 11.5 Å². The first-order valence-corrected chi connectivity index (χ1v) is 12.1. The van der Waals surface area contributed by atoms with Crippen LogP contribution in [-0.2, 0) is 13.1 Å². The third-order valence-corrected chi connectivity index (χ3v) is 6.38. The highest BCUT2D eigenvalue weighted by molar-refractivity contribution is 7.04. The Hall–Kier alpha value is -3.07. The fourth-order valence-electron chi connectivity index (χ4n) is 3.69. The van der Waals surface area contributed by atoms with Gasteiger partial charge in [-0.25, -0.2) is 4.79 Å². The van der Waals surface area contributed by atoms with Gasteiger partial charge in [0.1, 0.15) is 5.56 Å². The molecule has 1 aliphatic rings. The van der Waals surface area contributed by atoms with Crippen LogP contribution in [0.25, 0.3) is 10.9 Å². The molecule has 0 amide bonds. The Morgan fingerprint density at radius 1 is 1.06 bits per heavy atom. The summed E-state index contributed by atoms with van der Waals surface area (Å²) in [5.41, 5.74) is 0.0454. The predicted octanol–water partition coefficient (Wildman–Crippen LogP) is 4.72. The summed E-state index contributed by atoms with van der Waals surface area (Å²) in [7, 11) is 0. The predicted molar refractivity (Wildman–Crippen MR) is 129 cm³/mol. The Labute approximate surface area is 196 Å². The van der Waals surface area contributed by atoms with Gasteiger partial charge in [-0.3, -0.25) is 13.5 Å². The number of aromatic carboxylic acids is 1. The van der Waals surface area contributed by atoms with Gasteiger partial charge >= 0.3 is 5.97 Å². The lowest BCUT2D eigenvalue weighted by atomic mass is 10.1. The molecule has 1 aromatic carbocycles. The van der Waals surface area contributed by atoms with Gasteiger partial charge in [0.05, 0.1) is 10.9 Å². The minimum atomic E-state index is -1.23. The maximum Gasteiger partial charge on any atom is 0.341 e. The molecule has 1 aliphatic heterocycles. The molecule has 0 fully saturated rings. The fourth-order valence-corrected chi connectivity index (χ4v) is 4.41. The Bertz CT molecular complexity index is 1210. The molecular weight excluding hydrogens is 444 g/mol. The van der Waals surface area contributed by atoms with Gasteiger partial charge in [0.2, 0.25) is 12.2 Å². The average Bonchev–Trinajstić information content (AvgIpc) is 3.44. The topological polar surface area (TPSA) is 99.8 Å². The smallest absolute Gasteiger partial charge is 0.341 e. The standard InChI is InChI=1S/C13H11NO5.C11H19NOS/c1-2-14-5-8(13(16)17)12(15)7-3-10-11(4-9(7)14)19-6-18-10;1-2-3-4-5-6-7-9-12-11(13)8-10-14-12/h3-5H,2,6H2,1H3,(H,16,17);8,10H,2-7,9H2,1H3. The van der Waals surface area contributed by atoms with Gasteiger partial charge in [0.15, 0.2) is 11.5 Å². The molecule has 0 bridgehead atoms. The minimum Gasteiger partial charge on any atom is -0.477 e. The lowest BCUT2D eigenvalue weighted by molar-refractivity contribution is 0.0695. The minimum absolute atomic E-state index is 0.109. The van der Waals surface area contributed by atoms with E-state index >= 15 is 0 Å². The van der Waals surface area contributed by atoms with E-state index in [1.807, 2.05) is 16.3 Å². The maximum absolute atomic E-state index is 12.1. The summed E-state index contributed by atoms with van der Waals surface area (Å²) in [5.74, 6) is -0.196. The zero-order valence-electron chi connectivity index (χ0n) is 19.0. The molecule has 4 rings (SSSR count). The van der Waals surface area contributed by atoms with E-state index in [1.54, 1.807) is 22.8 Å². The number of fused-ring (bicyclic) bond motifs is 2. The summed E-state index contributed by atoms with van der Waals surface area (Å²) in [6, 6.07) is 4.88. The monoisotopic (exact) mass is 474 g/mol. The van der Waals surface area contributed by atoms with Crippen molar-refractivity contribution in [3.8, 4) is 11.5 Å². The highest BCUT2D eigenvalue weighted by Gasteiger charge is 2.20. The van der Waals surface area contributed by atoms with E-state index < -0.39 is 11.4 Å². The van der Waals surface area contributed by atoms with Gasteiger partial charge in [-0.1, -0.05) is 50.6 Å². The summed E-state index contributed by atoms with van der Waals surface area (Å²) in [6.07, 6.45) is 9.05. The Morgan fingerprint density at radius 2 is 1.76 bits per heavy atom. The first-order valence-electron chi connectivity index (χ1n) is 11.3. The zero-order chi connectivity index (χ0) is 23.8. The van der Waals surface area contributed by atoms with E-state index in [-0.39, 0.29) is 17.9 Å². The third kappa shape index (κ3) is 6.04. The Balaban J connectivity index is 0.000000196. The van der Waals surface area contributed by atoms with Crippen LogP contribution in [0.15, 0.2) is 39.4 Å². The fraction of sp³-hybridized carbons (Fsp3) is 0.458. The first-order chi connectivity index (χ1) is 16.0. The molecule has 0 atom stereocenters. The summed E-state index contributed by atoms with van der Waals surface area (Å²) in [5, 5.41) is 11.3. The van der Waals surface area contributed by atoms with Crippen molar-refractivity contribution in [3.05, 3.63) is 55.9 Å². The van der Waals surface area contributed by atoms with E-state index in [0.29, 0.717) is 28.9 Å². The number of aromatic nitrogens is 2. The number of carboxylic acid groups (broad SMARTS) is 1. The van der Waals surface area contributed by atoms with E-state index in [4.69, 9.17) is 14.6 Å². The van der Waals surface area contributed by atoms with Crippen molar-refractivity contribution >= 4 is 28.4 Å². The number of pyridine rings is 1. The number of unbranched alkanes of at least 4 members (excludes halogenated alkanes) is 5. The molecule has 8 nitrogen and oxygen atoms in total. The number of ether oxygens (including phenoxy) is 2. The molecule has 0 radical (unpaired) electrons. The van der Waals surface area contributed by atoms with Gasteiger partial charge < -0.3 is 19.1 Å². The highest BCUT2D eigenvalue weighted by Crippen LogP contribution is 2.35. The van der Waals surface area contributed by atoms with Crippen molar-refractivity contribution < 1.29 is 19.4 Å². The number of carboxylic acids is 1. The van der Waals surface area contributed by atoms with Crippen LogP contribution in [0.3, 0.4) is 0 Å². The van der Waals surface area contributed by atoms with Crippen LogP contribution in [0, 0.1) is 0 Å². The maximum atomic E-state index is 12.1. The molecule has 0 unspecified atom stereocenters. The molecule has 0 saturated heterocycles. The number of hydrogen-bond donors (Lipinski definition) is 1. The largest absolute Gasteiger partial charge is 0.477 e. The summed E-state index contributed by atoms with van der Waals surface area (Å²) < 4.78 is 14.0. The summed E-state index contributed by atoms with van der Waals surface area (Å²) in [6.45, 7) is 5.67. The average molecular weight is 475 g/mol. The lowest BCUT2D eigenvalue weighted by Crippen LogP contribution is -2.18. The van der Waals surface area contributed by atoms with Crippen LogP contribution in [-0.4, -0.2) is 26.4 Å². The normalized spacial score (nSPS) is 11.9. The van der Waals surface area contributed by atoms with Crippen molar-refractivity contribution in [1.82, 2.24) is 8.52 Å². The number of aryl methyl sites for hydroxylation is 2. The van der Waals surface area contributed by atoms with E-state index in [0.717, 1.165) is 13.0 Å². The molecule has 0 saturated carbocycles. The van der Waals surface area contributed by atoms with Crippen LogP contribution < -0.4 is 20.5 Å². The highest BCUT2D eigenvalue weighted by atomic mass is 32.1. The van der Waals surface area contributed by atoms with Crippen molar-refractivity contribution in [2.75, 3.05) is 6.79 Å². The second-order valence-corrected chi connectivity index (χ2v) is 8.73. The molecular formula is C24H30N2O6S. The van der Waals surface area contributed by atoms with Gasteiger partial charge in [-0.15, -0.1) is 0 Å². The van der Waals surface area contributed by atoms with E-state index in [2.05, 4.69) is 6.92 Å². The number of rotatable bonds is 9. The second-order valence-electron chi connectivity index (χ2n) is 7.80. The van der Waals surface area contributed by atoms with Crippen molar-refractivity contribution in [2.24, 2.45) is 0 Å². The van der Waals surface area contributed by atoms with Crippen molar-refractivity contribution in [3.63, 3.8) is 0 Å². The number of carbonyl (C=O) groups is 1. The van der Waals surface area contributed by atoms with Crippen LogP contribution in [0.4, 0.5) is 0 Å². The molecule has 3 aromatic rings. The number of nitrogens with zero attached hydrogens (tertiary/aromatic N) is 2. The van der Waals surface area contributed by atoms with Crippen LogP contribution >= 0.6 is 11.5 Å². The van der Waals surface area contributed by atoms with Gasteiger partial charge in [-0.2, -0.15) is 0 Å².